The number of hydrogen-bond acceptors (Lipinski definition) is 7. The predicted molar refractivity (Wildman–Crippen MR) is 144 cm³/mol. The SMILES string of the molecule is CC(=O)O.CC(C)(C)OC(=O)C(CNC(=O)c1ccc(CCc2ncc[nH]2)cc1)NS(=O)(=O)c1ccccc1. The minimum atomic E-state index is -4.01. The van der Waals surface area contributed by atoms with Crippen LogP contribution in [-0.2, 0) is 37.2 Å². The maximum absolute atomic E-state index is 12.8. The van der Waals surface area contributed by atoms with E-state index >= 15 is 0 Å². The number of carbonyl (C=O) groups excluding carboxylic acids is 2. The number of H-pyrrole nitrogens is 1. The number of nitrogens with one attached hydrogen (secondary N) is 3. The van der Waals surface area contributed by atoms with Crippen molar-refractivity contribution in [1.29, 1.82) is 0 Å². The number of aromatic nitrogens is 2. The number of benzene rings is 2. The molecule has 0 fully saturated rings. The van der Waals surface area contributed by atoms with Crippen molar-refractivity contribution in [3.05, 3.63) is 83.9 Å². The lowest BCUT2D eigenvalue weighted by Gasteiger charge is -2.24. The molecule has 1 aromatic heterocycles. The van der Waals surface area contributed by atoms with Gasteiger partial charge in [0, 0.05) is 37.8 Å². The molecule has 0 aliphatic carbocycles. The molecule has 11 nitrogen and oxygen atoms in total. The fraction of sp³-hybridized carbons (Fsp3) is 0.333. The minimum Gasteiger partial charge on any atom is -0.481 e. The smallest absolute Gasteiger partial charge is 0.326 e. The lowest BCUT2D eigenvalue weighted by atomic mass is 10.1. The highest BCUT2D eigenvalue weighted by atomic mass is 32.2. The van der Waals surface area contributed by atoms with Crippen LogP contribution >= 0.6 is 0 Å². The van der Waals surface area contributed by atoms with Gasteiger partial charge in [-0.05, 0) is 57.0 Å². The maximum Gasteiger partial charge on any atom is 0.326 e. The second-order valence-electron chi connectivity index (χ2n) is 9.48. The zero-order valence-corrected chi connectivity index (χ0v) is 23.1. The molecule has 2 aromatic carbocycles. The van der Waals surface area contributed by atoms with Crippen LogP contribution in [0.4, 0.5) is 0 Å². The molecule has 210 valence electrons. The summed E-state index contributed by atoms with van der Waals surface area (Å²) in [5.74, 6) is -1.17. The monoisotopic (exact) mass is 558 g/mol. The average Bonchev–Trinajstić information content (AvgIpc) is 3.38. The molecular formula is C27H34N4O7S. The molecule has 1 amide bonds. The van der Waals surface area contributed by atoms with Gasteiger partial charge in [-0.25, -0.2) is 13.4 Å². The lowest BCUT2D eigenvalue weighted by Crippen LogP contribution is -2.50. The Kier molecular flexibility index (Phi) is 11.4. The van der Waals surface area contributed by atoms with Crippen molar-refractivity contribution in [2.24, 2.45) is 0 Å². The summed E-state index contributed by atoms with van der Waals surface area (Å²) < 4.78 is 33.3. The zero-order valence-electron chi connectivity index (χ0n) is 22.3. The summed E-state index contributed by atoms with van der Waals surface area (Å²) in [5, 5.41) is 10.0. The Morgan fingerprint density at radius 2 is 1.64 bits per heavy atom. The first-order chi connectivity index (χ1) is 18.3. The highest BCUT2D eigenvalue weighted by Crippen LogP contribution is 2.13. The molecule has 12 heteroatoms. The molecule has 1 heterocycles. The van der Waals surface area contributed by atoms with Gasteiger partial charge in [-0.15, -0.1) is 0 Å². The van der Waals surface area contributed by atoms with Crippen LogP contribution in [0, 0.1) is 0 Å². The Labute approximate surface area is 228 Å². The van der Waals surface area contributed by atoms with E-state index in [0.29, 0.717) is 5.56 Å². The summed E-state index contributed by atoms with van der Waals surface area (Å²) in [6.45, 7) is 5.85. The van der Waals surface area contributed by atoms with E-state index in [4.69, 9.17) is 14.6 Å². The lowest BCUT2D eigenvalue weighted by molar-refractivity contribution is -0.156. The Morgan fingerprint density at radius 3 is 2.18 bits per heavy atom. The summed E-state index contributed by atoms with van der Waals surface area (Å²) in [6.07, 6.45) is 4.98. The highest BCUT2D eigenvalue weighted by molar-refractivity contribution is 7.89. The zero-order chi connectivity index (χ0) is 29.1. The van der Waals surface area contributed by atoms with Gasteiger partial charge in [-0.2, -0.15) is 4.72 Å². The number of amides is 1. The maximum atomic E-state index is 12.8. The largest absolute Gasteiger partial charge is 0.481 e. The number of nitrogens with zero attached hydrogens (tertiary/aromatic N) is 1. The molecular weight excluding hydrogens is 524 g/mol. The van der Waals surface area contributed by atoms with E-state index in [0.717, 1.165) is 31.2 Å². The van der Waals surface area contributed by atoms with Crippen LogP contribution < -0.4 is 10.0 Å². The molecule has 0 radical (unpaired) electrons. The first-order valence-electron chi connectivity index (χ1n) is 12.1. The van der Waals surface area contributed by atoms with Crippen molar-refractivity contribution >= 4 is 27.9 Å². The number of rotatable bonds is 10. The molecule has 1 atom stereocenters. The van der Waals surface area contributed by atoms with Crippen molar-refractivity contribution in [2.45, 2.75) is 57.1 Å². The number of aliphatic carboxylic acids is 1. The number of carbonyl (C=O) groups is 3. The van der Waals surface area contributed by atoms with Crippen molar-refractivity contribution in [3.8, 4) is 0 Å². The molecule has 1 unspecified atom stereocenters. The number of hydrogen-bond donors (Lipinski definition) is 4. The van der Waals surface area contributed by atoms with Crippen LogP contribution in [-0.4, -0.2) is 59.5 Å². The molecule has 0 saturated heterocycles. The second kappa shape index (κ2) is 14.2. The van der Waals surface area contributed by atoms with Crippen LogP contribution in [0.1, 0.15) is 49.4 Å². The van der Waals surface area contributed by atoms with E-state index < -0.39 is 39.5 Å². The Morgan fingerprint density at radius 1 is 1.03 bits per heavy atom. The third-order valence-corrected chi connectivity index (χ3v) is 6.42. The van der Waals surface area contributed by atoms with Gasteiger partial charge in [0.2, 0.25) is 10.0 Å². The summed E-state index contributed by atoms with van der Waals surface area (Å²) in [6, 6.07) is 13.4. The summed E-state index contributed by atoms with van der Waals surface area (Å²) in [7, 11) is -4.01. The highest BCUT2D eigenvalue weighted by Gasteiger charge is 2.30. The Hall–Kier alpha value is -4.03. The van der Waals surface area contributed by atoms with Gasteiger partial charge in [0.15, 0.2) is 0 Å². The quantitative estimate of drug-likeness (QED) is 0.276. The van der Waals surface area contributed by atoms with Crippen LogP contribution in [0.2, 0.25) is 0 Å². The molecule has 0 saturated carbocycles. The van der Waals surface area contributed by atoms with E-state index in [-0.39, 0.29) is 11.4 Å². The topological polar surface area (TPSA) is 168 Å². The molecule has 0 aliphatic heterocycles. The van der Waals surface area contributed by atoms with E-state index in [1.807, 2.05) is 12.1 Å². The number of sulfonamides is 1. The van der Waals surface area contributed by atoms with Gasteiger partial charge in [0.25, 0.3) is 11.9 Å². The average molecular weight is 559 g/mol. The minimum absolute atomic E-state index is 0.00465. The van der Waals surface area contributed by atoms with E-state index in [9.17, 15) is 18.0 Å². The third kappa shape index (κ3) is 11.5. The van der Waals surface area contributed by atoms with Gasteiger partial charge in [-0.3, -0.25) is 14.4 Å². The van der Waals surface area contributed by atoms with Crippen LogP contribution in [0.3, 0.4) is 0 Å². The fourth-order valence-electron chi connectivity index (χ4n) is 3.22. The number of esters is 1. The van der Waals surface area contributed by atoms with Crippen molar-refractivity contribution in [1.82, 2.24) is 20.0 Å². The predicted octanol–water partition coefficient (Wildman–Crippen LogP) is 2.70. The van der Waals surface area contributed by atoms with Gasteiger partial charge in [0.1, 0.15) is 17.5 Å². The van der Waals surface area contributed by atoms with Gasteiger partial charge >= 0.3 is 5.97 Å². The second-order valence-corrected chi connectivity index (χ2v) is 11.2. The number of carboxylic acids is 1. The number of aromatic amines is 1. The van der Waals surface area contributed by atoms with Crippen LogP contribution in [0.25, 0.3) is 0 Å². The number of carboxylic acid groups (broad SMARTS) is 1. The van der Waals surface area contributed by atoms with Gasteiger partial charge in [0.05, 0.1) is 4.90 Å². The molecule has 3 rings (SSSR count). The number of ether oxygens (including phenoxy) is 1. The van der Waals surface area contributed by atoms with Gasteiger partial charge in [-0.1, -0.05) is 30.3 Å². The summed E-state index contributed by atoms with van der Waals surface area (Å²) in [4.78, 5) is 41.7. The molecule has 0 bridgehead atoms. The Balaban J connectivity index is 0.00000124. The van der Waals surface area contributed by atoms with E-state index in [1.54, 1.807) is 63.5 Å². The van der Waals surface area contributed by atoms with Crippen LogP contribution in [0.5, 0.6) is 0 Å². The van der Waals surface area contributed by atoms with Crippen LogP contribution in [0.15, 0.2) is 71.9 Å². The number of imidazole rings is 1. The fourth-order valence-corrected chi connectivity index (χ4v) is 4.42. The van der Waals surface area contributed by atoms with Crippen molar-refractivity contribution in [3.63, 3.8) is 0 Å². The molecule has 0 spiro atoms. The first-order valence-corrected chi connectivity index (χ1v) is 13.6. The number of aryl methyl sites for hydroxylation is 2. The molecule has 39 heavy (non-hydrogen) atoms. The van der Waals surface area contributed by atoms with E-state index in [2.05, 4.69) is 20.0 Å². The molecule has 4 N–H and O–H groups in total. The third-order valence-electron chi connectivity index (χ3n) is 4.93. The van der Waals surface area contributed by atoms with Crippen molar-refractivity contribution < 1.29 is 32.6 Å². The standard InChI is InChI=1S/C25H30N4O5S.C2H4O2/c1-25(2,3)34-24(31)21(29-35(32,33)20-7-5-4-6-8-20)17-28-23(30)19-12-9-18(10-13-19)11-14-22-26-15-16-27-22;1-2(3)4/h4-10,12-13,15-16,21,29H,11,14,17H2,1-3H3,(H,26,27)(H,28,30);1H3,(H,3,4). The molecule has 0 aliphatic rings. The van der Waals surface area contributed by atoms with Crippen molar-refractivity contribution in [2.75, 3.05) is 6.54 Å². The summed E-state index contributed by atoms with van der Waals surface area (Å²) >= 11 is 0. The van der Waals surface area contributed by atoms with E-state index in [1.165, 1.54) is 12.1 Å². The Bertz CT molecular complexity index is 1310. The van der Waals surface area contributed by atoms with Gasteiger partial charge < -0.3 is 20.1 Å². The molecule has 3 aromatic rings. The normalized spacial score (nSPS) is 12.0. The first kappa shape index (κ1) is 31.2. The summed E-state index contributed by atoms with van der Waals surface area (Å²) in [5.41, 5.74) is 0.601.